The molecule has 0 amide bonds. The number of nitrogens with zero attached hydrogens (tertiary/aromatic N) is 1. The molecule has 2 atom stereocenters. The third kappa shape index (κ3) is 4.96. The van der Waals surface area contributed by atoms with Crippen molar-refractivity contribution in [1.82, 2.24) is 4.98 Å². The van der Waals surface area contributed by atoms with Crippen LogP contribution in [0.3, 0.4) is 0 Å². The fourth-order valence-electron chi connectivity index (χ4n) is 4.72. The molecule has 1 aliphatic heterocycles. The minimum absolute atomic E-state index is 0.234. The SMILES string of the molecule is COc1cc2c(cc1OC)[C@H]1CCCC[C@H]1N=C2c1cc2cc(F)ccc2[nH]1.O=C(O)C(F)(F)F. The van der Waals surface area contributed by atoms with Gasteiger partial charge in [0.15, 0.2) is 11.5 Å². The van der Waals surface area contributed by atoms with E-state index in [-0.39, 0.29) is 11.9 Å². The molecule has 6 nitrogen and oxygen atoms in total. The number of ether oxygens (including phenoxy) is 2. The summed E-state index contributed by atoms with van der Waals surface area (Å²) in [5.41, 5.74) is 5.10. The molecule has 1 aliphatic carbocycles. The number of carboxylic acid groups (broad SMARTS) is 1. The van der Waals surface area contributed by atoms with Crippen LogP contribution in [0.1, 0.15) is 48.4 Å². The number of aromatic nitrogens is 1. The Morgan fingerprint density at radius 1 is 1.06 bits per heavy atom. The van der Waals surface area contributed by atoms with Gasteiger partial charge in [0.1, 0.15) is 5.82 Å². The zero-order valence-electron chi connectivity index (χ0n) is 19.1. The number of alkyl halides is 3. The summed E-state index contributed by atoms with van der Waals surface area (Å²) in [6.45, 7) is 0. The van der Waals surface area contributed by atoms with Gasteiger partial charge >= 0.3 is 12.1 Å². The van der Waals surface area contributed by atoms with Gasteiger partial charge in [0.05, 0.1) is 31.7 Å². The predicted molar refractivity (Wildman–Crippen MR) is 122 cm³/mol. The van der Waals surface area contributed by atoms with E-state index in [1.54, 1.807) is 26.4 Å². The van der Waals surface area contributed by atoms with E-state index in [9.17, 15) is 17.6 Å². The average molecular weight is 492 g/mol. The van der Waals surface area contributed by atoms with Crippen molar-refractivity contribution in [3.8, 4) is 11.5 Å². The quantitative estimate of drug-likeness (QED) is 0.451. The van der Waals surface area contributed by atoms with Gasteiger partial charge in [0.25, 0.3) is 0 Å². The number of aliphatic imine (C=N–C) groups is 1. The lowest BCUT2D eigenvalue weighted by Crippen LogP contribution is -2.29. The lowest BCUT2D eigenvalue weighted by molar-refractivity contribution is -0.192. The molecular formula is C25H24F4N2O4. The molecule has 0 radical (unpaired) electrons. The van der Waals surface area contributed by atoms with Crippen molar-refractivity contribution >= 4 is 22.6 Å². The Morgan fingerprint density at radius 2 is 1.71 bits per heavy atom. The van der Waals surface area contributed by atoms with Gasteiger partial charge < -0.3 is 19.6 Å². The Morgan fingerprint density at radius 3 is 2.37 bits per heavy atom. The van der Waals surface area contributed by atoms with E-state index >= 15 is 0 Å². The Labute approximate surface area is 198 Å². The zero-order valence-corrected chi connectivity index (χ0v) is 19.1. The molecule has 0 bridgehead atoms. The first-order valence-corrected chi connectivity index (χ1v) is 11.0. The molecule has 2 aliphatic rings. The maximum Gasteiger partial charge on any atom is 0.490 e. The molecule has 2 N–H and O–H groups in total. The lowest BCUT2D eigenvalue weighted by atomic mass is 9.75. The fraction of sp³-hybridized carbons (Fsp3) is 0.360. The van der Waals surface area contributed by atoms with Crippen LogP contribution in [0.15, 0.2) is 41.4 Å². The summed E-state index contributed by atoms with van der Waals surface area (Å²) in [6.07, 6.45) is -0.414. The van der Waals surface area contributed by atoms with Crippen molar-refractivity contribution in [2.45, 2.75) is 43.8 Å². The molecule has 1 fully saturated rings. The Kier molecular flexibility index (Phi) is 6.73. The number of hydrogen-bond acceptors (Lipinski definition) is 4. The van der Waals surface area contributed by atoms with Gasteiger partial charge in [-0.2, -0.15) is 13.2 Å². The van der Waals surface area contributed by atoms with Gasteiger partial charge in [0.2, 0.25) is 0 Å². The molecule has 5 rings (SSSR count). The van der Waals surface area contributed by atoms with E-state index in [1.165, 1.54) is 24.5 Å². The Hall–Kier alpha value is -3.56. The number of nitrogens with one attached hydrogen (secondary N) is 1. The number of aromatic amines is 1. The van der Waals surface area contributed by atoms with Crippen LogP contribution in [0.4, 0.5) is 17.6 Å². The first kappa shape index (κ1) is 24.6. The zero-order chi connectivity index (χ0) is 25.3. The maximum absolute atomic E-state index is 13.7. The van der Waals surface area contributed by atoms with Crippen LogP contribution in [0.2, 0.25) is 0 Å². The van der Waals surface area contributed by atoms with Crippen LogP contribution in [-0.2, 0) is 4.79 Å². The average Bonchev–Trinajstić information content (AvgIpc) is 3.25. The molecule has 1 aromatic heterocycles. The smallest absolute Gasteiger partial charge is 0.490 e. The first-order valence-electron chi connectivity index (χ1n) is 11.0. The molecule has 2 heterocycles. The van der Waals surface area contributed by atoms with Gasteiger partial charge in [-0.15, -0.1) is 0 Å². The number of carbonyl (C=O) groups is 1. The van der Waals surface area contributed by atoms with E-state index in [4.69, 9.17) is 24.4 Å². The minimum Gasteiger partial charge on any atom is -0.493 e. The Bertz CT molecular complexity index is 1280. The molecule has 35 heavy (non-hydrogen) atoms. The van der Waals surface area contributed by atoms with Crippen molar-refractivity contribution in [1.29, 1.82) is 0 Å². The van der Waals surface area contributed by atoms with Crippen LogP contribution < -0.4 is 9.47 Å². The van der Waals surface area contributed by atoms with Gasteiger partial charge in [-0.3, -0.25) is 4.99 Å². The topological polar surface area (TPSA) is 83.9 Å². The fourth-order valence-corrected chi connectivity index (χ4v) is 4.72. The van der Waals surface area contributed by atoms with Gasteiger partial charge in [-0.05, 0) is 54.8 Å². The van der Waals surface area contributed by atoms with Gasteiger partial charge in [-0.25, -0.2) is 9.18 Å². The van der Waals surface area contributed by atoms with E-state index < -0.39 is 12.1 Å². The highest BCUT2D eigenvalue weighted by Crippen LogP contribution is 2.44. The number of aliphatic carboxylic acids is 1. The van der Waals surface area contributed by atoms with Crippen molar-refractivity contribution in [3.63, 3.8) is 0 Å². The van der Waals surface area contributed by atoms with Crippen molar-refractivity contribution in [3.05, 3.63) is 59.0 Å². The predicted octanol–water partition coefficient (Wildman–Crippen LogP) is 5.83. The summed E-state index contributed by atoms with van der Waals surface area (Å²) in [6, 6.07) is 11.2. The summed E-state index contributed by atoms with van der Waals surface area (Å²) < 4.78 is 56.5. The summed E-state index contributed by atoms with van der Waals surface area (Å²) in [5.74, 6) is -1.12. The second kappa shape index (κ2) is 9.59. The maximum atomic E-state index is 13.7. The molecule has 186 valence electrons. The molecule has 0 unspecified atom stereocenters. The number of halogens is 4. The molecule has 2 aromatic carbocycles. The summed E-state index contributed by atoms with van der Waals surface area (Å²) >= 11 is 0. The molecule has 3 aromatic rings. The highest BCUT2D eigenvalue weighted by atomic mass is 19.4. The van der Waals surface area contributed by atoms with Crippen molar-refractivity contribution in [2.24, 2.45) is 4.99 Å². The largest absolute Gasteiger partial charge is 0.493 e. The summed E-state index contributed by atoms with van der Waals surface area (Å²) in [7, 11) is 3.33. The second-order valence-corrected chi connectivity index (χ2v) is 8.45. The number of methoxy groups -OCH3 is 2. The molecule has 1 saturated carbocycles. The van der Waals surface area contributed by atoms with Crippen LogP contribution in [0.25, 0.3) is 10.9 Å². The monoisotopic (exact) mass is 492 g/mol. The molecular weight excluding hydrogens is 468 g/mol. The van der Waals surface area contributed by atoms with Crippen LogP contribution in [0, 0.1) is 5.82 Å². The molecule has 10 heteroatoms. The Balaban J connectivity index is 0.000000364. The van der Waals surface area contributed by atoms with E-state index in [2.05, 4.69) is 11.1 Å². The number of benzene rings is 2. The number of carboxylic acids is 1. The number of rotatable bonds is 3. The van der Waals surface area contributed by atoms with Crippen LogP contribution in [0.5, 0.6) is 11.5 Å². The first-order chi connectivity index (χ1) is 16.6. The highest BCUT2D eigenvalue weighted by Gasteiger charge is 2.38. The minimum atomic E-state index is -5.08. The normalized spacial score (nSPS) is 19.1. The van der Waals surface area contributed by atoms with Gasteiger partial charge in [-0.1, -0.05) is 12.8 Å². The van der Waals surface area contributed by atoms with Crippen molar-refractivity contribution < 1.29 is 36.9 Å². The second-order valence-electron chi connectivity index (χ2n) is 8.45. The van der Waals surface area contributed by atoms with E-state index in [1.807, 2.05) is 12.1 Å². The lowest BCUT2D eigenvalue weighted by Gasteiger charge is -2.35. The molecule has 0 spiro atoms. The van der Waals surface area contributed by atoms with E-state index in [0.29, 0.717) is 11.7 Å². The number of fused-ring (bicyclic) bond motifs is 4. The third-order valence-electron chi connectivity index (χ3n) is 6.32. The van der Waals surface area contributed by atoms with Gasteiger partial charge in [0, 0.05) is 22.4 Å². The summed E-state index contributed by atoms with van der Waals surface area (Å²) in [4.78, 5) is 17.5. The van der Waals surface area contributed by atoms with Crippen LogP contribution in [-0.4, -0.2) is 48.2 Å². The highest BCUT2D eigenvalue weighted by molar-refractivity contribution is 6.15. The third-order valence-corrected chi connectivity index (χ3v) is 6.32. The number of H-pyrrole nitrogens is 1. The number of hydrogen-bond donors (Lipinski definition) is 2. The van der Waals surface area contributed by atoms with Crippen LogP contribution >= 0.6 is 0 Å². The molecule has 0 saturated heterocycles. The van der Waals surface area contributed by atoms with E-state index in [0.717, 1.165) is 46.5 Å². The standard InChI is InChI=1S/C23H23FN2O2.C2HF3O2/c1-27-21-11-16-15-5-3-4-6-19(15)26-23(17(16)12-22(21)28-2)20-10-13-9-14(24)7-8-18(13)25-20;3-2(4,5)1(6)7/h7-12,15,19,25H,3-6H2,1-2H3;(H,6,7)/t15-,19-;/m1./s1. The summed E-state index contributed by atoms with van der Waals surface area (Å²) in [5, 5.41) is 7.98. The van der Waals surface area contributed by atoms with Crippen molar-refractivity contribution in [2.75, 3.05) is 14.2 Å².